The van der Waals surface area contributed by atoms with E-state index in [1.165, 1.54) is 0 Å². The summed E-state index contributed by atoms with van der Waals surface area (Å²) >= 11 is 0. The zero-order valence-corrected chi connectivity index (χ0v) is 12.2. The van der Waals surface area contributed by atoms with Crippen molar-refractivity contribution in [1.29, 1.82) is 0 Å². The topological polar surface area (TPSA) is 43.0 Å². The molecule has 0 fully saturated rings. The largest absolute Gasteiger partial charge is 0.467 e. The molecule has 104 valence electrons. The third-order valence-electron chi connectivity index (χ3n) is 3.19. The van der Waals surface area contributed by atoms with Gasteiger partial charge in [0.2, 0.25) is 0 Å². The van der Waals surface area contributed by atoms with Crippen molar-refractivity contribution in [3.8, 4) is 11.1 Å². The summed E-state index contributed by atoms with van der Waals surface area (Å²) in [4.78, 5) is 0. The number of nitrogens with zero attached hydrogens (tertiary/aromatic N) is 2. The number of aromatic nitrogens is 2. The standard InChI is InChI=1S/C15H23N3O/c1-5-7-16-9-15-13(6-8-19-15)14-10-18(11(2)3)17-12(14)4/h6,8,10-11,16H,5,7,9H2,1-4H3. The minimum Gasteiger partial charge on any atom is -0.467 e. The smallest absolute Gasteiger partial charge is 0.125 e. The maximum Gasteiger partial charge on any atom is 0.125 e. The van der Waals surface area contributed by atoms with Crippen LogP contribution in [0.2, 0.25) is 0 Å². The molecule has 0 atom stereocenters. The van der Waals surface area contributed by atoms with Gasteiger partial charge in [0.25, 0.3) is 0 Å². The van der Waals surface area contributed by atoms with Gasteiger partial charge in [-0.15, -0.1) is 0 Å². The lowest BCUT2D eigenvalue weighted by molar-refractivity contribution is 0.484. The van der Waals surface area contributed by atoms with Crippen molar-refractivity contribution in [2.45, 2.75) is 46.7 Å². The Bertz CT molecular complexity index is 525. The Kier molecular flexibility index (Phi) is 4.43. The van der Waals surface area contributed by atoms with Gasteiger partial charge in [0, 0.05) is 23.4 Å². The second-order valence-electron chi connectivity index (χ2n) is 5.14. The highest BCUT2D eigenvalue weighted by Crippen LogP contribution is 2.28. The molecular formula is C15H23N3O. The van der Waals surface area contributed by atoms with Gasteiger partial charge in [0.1, 0.15) is 5.76 Å². The average molecular weight is 261 g/mol. The first-order valence-electron chi connectivity index (χ1n) is 6.96. The van der Waals surface area contributed by atoms with E-state index in [4.69, 9.17) is 4.42 Å². The molecule has 0 aliphatic carbocycles. The molecule has 0 aromatic carbocycles. The highest BCUT2D eigenvalue weighted by Gasteiger charge is 2.14. The Labute approximate surface area is 114 Å². The van der Waals surface area contributed by atoms with Crippen molar-refractivity contribution >= 4 is 0 Å². The van der Waals surface area contributed by atoms with E-state index in [0.29, 0.717) is 6.04 Å². The number of hydrogen-bond donors (Lipinski definition) is 1. The summed E-state index contributed by atoms with van der Waals surface area (Å²) < 4.78 is 7.59. The number of furan rings is 1. The molecule has 0 radical (unpaired) electrons. The molecule has 0 bridgehead atoms. The summed E-state index contributed by atoms with van der Waals surface area (Å²) in [5.74, 6) is 0.986. The van der Waals surface area contributed by atoms with E-state index in [9.17, 15) is 0 Å². The monoisotopic (exact) mass is 261 g/mol. The summed E-state index contributed by atoms with van der Waals surface area (Å²) in [7, 11) is 0. The third-order valence-corrected chi connectivity index (χ3v) is 3.19. The van der Waals surface area contributed by atoms with E-state index >= 15 is 0 Å². The van der Waals surface area contributed by atoms with Crippen molar-refractivity contribution in [1.82, 2.24) is 15.1 Å². The summed E-state index contributed by atoms with van der Waals surface area (Å²) in [6.07, 6.45) is 4.99. The van der Waals surface area contributed by atoms with E-state index in [-0.39, 0.29) is 0 Å². The van der Waals surface area contributed by atoms with Crippen LogP contribution in [0.4, 0.5) is 0 Å². The molecule has 0 amide bonds. The maximum absolute atomic E-state index is 5.59. The third kappa shape index (κ3) is 3.07. The van der Waals surface area contributed by atoms with Gasteiger partial charge in [0.05, 0.1) is 18.5 Å². The number of rotatable bonds is 6. The van der Waals surface area contributed by atoms with Gasteiger partial charge in [-0.3, -0.25) is 4.68 Å². The first kappa shape index (κ1) is 13.9. The van der Waals surface area contributed by atoms with Crippen LogP contribution in [0, 0.1) is 6.92 Å². The fourth-order valence-corrected chi connectivity index (χ4v) is 2.11. The minimum atomic E-state index is 0.376. The van der Waals surface area contributed by atoms with Gasteiger partial charge in [0.15, 0.2) is 0 Å². The summed E-state index contributed by atoms with van der Waals surface area (Å²) in [6.45, 7) is 10.2. The van der Waals surface area contributed by atoms with Crippen molar-refractivity contribution in [3.05, 3.63) is 30.0 Å². The molecule has 0 unspecified atom stereocenters. The molecule has 2 aromatic heterocycles. The lowest BCUT2D eigenvalue weighted by Crippen LogP contribution is -2.13. The first-order valence-corrected chi connectivity index (χ1v) is 6.96. The Balaban J connectivity index is 2.24. The number of aryl methyl sites for hydroxylation is 1. The molecule has 4 heteroatoms. The molecule has 19 heavy (non-hydrogen) atoms. The SMILES string of the molecule is CCCNCc1occc1-c1cn(C(C)C)nc1C. The Morgan fingerprint density at radius 1 is 1.37 bits per heavy atom. The van der Waals surface area contributed by atoms with Gasteiger partial charge in [-0.2, -0.15) is 5.10 Å². The Morgan fingerprint density at radius 2 is 2.16 bits per heavy atom. The number of nitrogens with one attached hydrogen (secondary N) is 1. The summed E-state index contributed by atoms with van der Waals surface area (Å²) in [6, 6.07) is 2.40. The van der Waals surface area contributed by atoms with Crippen molar-refractivity contribution in [2.75, 3.05) is 6.54 Å². The van der Waals surface area contributed by atoms with E-state index < -0.39 is 0 Å². The lowest BCUT2D eigenvalue weighted by atomic mass is 10.1. The van der Waals surface area contributed by atoms with Crippen molar-refractivity contribution in [3.63, 3.8) is 0 Å². The normalized spacial score (nSPS) is 11.4. The van der Waals surface area contributed by atoms with Gasteiger partial charge < -0.3 is 9.73 Å². The predicted octanol–water partition coefficient (Wildman–Crippen LogP) is 3.53. The molecule has 0 spiro atoms. The highest BCUT2D eigenvalue weighted by atomic mass is 16.3. The van der Waals surface area contributed by atoms with Crippen molar-refractivity contribution < 1.29 is 4.42 Å². The molecule has 4 nitrogen and oxygen atoms in total. The van der Waals surface area contributed by atoms with Crippen LogP contribution in [-0.2, 0) is 6.54 Å². The maximum atomic E-state index is 5.59. The summed E-state index contributed by atoms with van der Waals surface area (Å²) in [5.41, 5.74) is 3.36. The molecule has 2 heterocycles. The highest BCUT2D eigenvalue weighted by molar-refractivity contribution is 5.67. The molecule has 1 N–H and O–H groups in total. The van der Waals surface area contributed by atoms with Gasteiger partial charge >= 0.3 is 0 Å². The second-order valence-corrected chi connectivity index (χ2v) is 5.14. The fourth-order valence-electron chi connectivity index (χ4n) is 2.11. The van der Waals surface area contributed by atoms with E-state index in [0.717, 1.165) is 42.1 Å². The average Bonchev–Trinajstić information content (AvgIpc) is 2.96. The van der Waals surface area contributed by atoms with E-state index in [1.54, 1.807) is 6.26 Å². The molecule has 0 saturated carbocycles. The minimum absolute atomic E-state index is 0.376. The van der Waals surface area contributed by atoms with Crippen LogP contribution in [-0.4, -0.2) is 16.3 Å². The number of hydrogen-bond acceptors (Lipinski definition) is 3. The molecule has 0 saturated heterocycles. The van der Waals surface area contributed by atoms with E-state index in [1.807, 2.05) is 17.7 Å². The fraction of sp³-hybridized carbons (Fsp3) is 0.533. The molecule has 2 rings (SSSR count). The molecule has 2 aromatic rings. The van der Waals surface area contributed by atoms with Crippen LogP contribution in [0.3, 0.4) is 0 Å². The molecule has 0 aliphatic rings. The van der Waals surface area contributed by atoms with Crippen LogP contribution in [0.5, 0.6) is 0 Å². The quantitative estimate of drug-likeness (QED) is 0.809. The van der Waals surface area contributed by atoms with Gasteiger partial charge in [-0.1, -0.05) is 6.92 Å². The van der Waals surface area contributed by atoms with Crippen LogP contribution in [0.1, 0.15) is 44.7 Å². The van der Waals surface area contributed by atoms with Crippen LogP contribution in [0.15, 0.2) is 22.9 Å². The molecule has 0 aliphatic heterocycles. The van der Waals surface area contributed by atoms with Crippen molar-refractivity contribution in [2.24, 2.45) is 0 Å². The molecular weight excluding hydrogens is 238 g/mol. The van der Waals surface area contributed by atoms with Crippen LogP contribution < -0.4 is 5.32 Å². The Morgan fingerprint density at radius 3 is 2.79 bits per heavy atom. The second kappa shape index (κ2) is 6.06. The Hall–Kier alpha value is -1.55. The zero-order chi connectivity index (χ0) is 13.8. The summed E-state index contributed by atoms with van der Waals surface area (Å²) in [5, 5.41) is 7.93. The zero-order valence-electron chi connectivity index (χ0n) is 12.2. The van der Waals surface area contributed by atoms with Gasteiger partial charge in [-0.05, 0) is 39.8 Å². The predicted molar refractivity (Wildman–Crippen MR) is 77.0 cm³/mol. The van der Waals surface area contributed by atoms with Crippen LogP contribution >= 0.6 is 0 Å². The van der Waals surface area contributed by atoms with Crippen LogP contribution in [0.25, 0.3) is 11.1 Å². The lowest BCUT2D eigenvalue weighted by Gasteiger charge is -2.04. The van der Waals surface area contributed by atoms with E-state index in [2.05, 4.69) is 37.4 Å². The first-order chi connectivity index (χ1) is 9.13. The van der Waals surface area contributed by atoms with Gasteiger partial charge in [-0.25, -0.2) is 0 Å².